The number of hydrogen-bond donors (Lipinski definition) is 0. The Morgan fingerprint density at radius 2 is 0.850 bits per heavy atom. The van der Waals surface area contributed by atoms with E-state index in [0.29, 0.717) is 10.8 Å². The van der Waals surface area contributed by atoms with Crippen LogP contribution in [0.4, 0.5) is 0 Å². The molecular formula is C20H56. The molecule has 0 rings (SSSR count). The zero-order chi connectivity index (χ0) is 12.0. The Hall–Kier alpha value is 0. The molecular weight excluding hydrogens is 240 g/mol. The van der Waals surface area contributed by atoms with Gasteiger partial charge < -0.3 is 0 Å². The third-order valence-electron chi connectivity index (χ3n) is 3.15. The van der Waals surface area contributed by atoms with Crippen molar-refractivity contribution in [1.82, 2.24) is 0 Å². The molecule has 0 radical (unpaired) electrons. The minimum absolute atomic E-state index is 0. The summed E-state index contributed by atoms with van der Waals surface area (Å²) >= 11 is 0. The van der Waals surface area contributed by atoms with E-state index >= 15 is 0 Å². The first kappa shape index (κ1) is 50.1. The molecule has 0 aliphatic rings. The summed E-state index contributed by atoms with van der Waals surface area (Å²) in [6.07, 6.45) is 2.57. The molecule has 0 nitrogen and oxygen atoms in total. The normalized spacial score (nSPS) is 10.1. The highest BCUT2D eigenvalue weighted by atomic mass is 14.2. The lowest BCUT2D eigenvalue weighted by atomic mass is 9.81. The summed E-state index contributed by atoms with van der Waals surface area (Å²) in [7, 11) is 0. The van der Waals surface area contributed by atoms with E-state index in [9.17, 15) is 0 Å². The van der Waals surface area contributed by atoms with E-state index < -0.39 is 0 Å². The zero-order valence-electron chi connectivity index (χ0n) is 12.0. The van der Waals surface area contributed by atoms with Crippen LogP contribution in [0.1, 0.15) is 120 Å². The lowest BCUT2D eigenvalue weighted by Crippen LogP contribution is -2.15. The highest BCUT2D eigenvalue weighted by molar-refractivity contribution is 4.67. The van der Waals surface area contributed by atoms with E-state index in [1.165, 1.54) is 12.8 Å². The second-order valence-corrected chi connectivity index (χ2v) is 6.59. The van der Waals surface area contributed by atoms with Crippen molar-refractivity contribution in [2.45, 2.75) is 120 Å². The Morgan fingerprint density at radius 1 is 0.650 bits per heavy atom. The molecule has 20 heavy (non-hydrogen) atoms. The molecule has 0 aromatic rings. The summed E-state index contributed by atoms with van der Waals surface area (Å²) in [5.74, 6) is 0.850. The van der Waals surface area contributed by atoms with E-state index in [1.54, 1.807) is 0 Å². The van der Waals surface area contributed by atoms with Crippen LogP contribution < -0.4 is 0 Å². The van der Waals surface area contributed by atoms with Gasteiger partial charge in [-0.3, -0.25) is 0 Å². The van der Waals surface area contributed by atoms with E-state index in [2.05, 4.69) is 62.3 Å². The van der Waals surface area contributed by atoms with Crippen molar-refractivity contribution in [3.8, 4) is 0 Å². The van der Waals surface area contributed by atoms with Gasteiger partial charge in [-0.15, -0.1) is 0 Å². The molecule has 0 saturated heterocycles. The fourth-order valence-electron chi connectivity index (χ4n) is 0.612. The van der Waals surface area contributed by atoms with E-state index in [4.69, 9.17) is 0 Å². The van der Waals surface area contributed by atoms with Gasteiger partial charge in [0.25, 0.3) is 0 Å². The van der Waals surface area contributed by atoms with E-state index in [-0.39, 0.29) is 44.6 Å². The topological polar surface area (TPSA) is 0 Å². The van der Waals surface area contributed by atoms with Crippen LogP contribution in [-0.4, -0.2) is 0 Å². The minimum atomic E-state index is 0. The first-order chi connectivity index (χ1) is 6.04. The van der Waals surface area contributed by atoms with Crippen molar-refractivity contribution in [3.05, 3.63) is 0 Å². The highest BCUT2D eigenvalue weighted by Gasteiger charge is 2.16. The molecule has 0 spiro atoms. The molecule has 0 fully saturated rings. The lowest BCUT2D eigenvalue weighted by molar-refractivity contribution is 0.254. The van der Waals surface area contributed by atoms with Crippen molar-refractivity contribution in [1.29, 1.82) is 0 Å². The molecule has 0 saturated carbocycles. The molecule has 0 bridgehead atoms. The fraction of sp³-hybridized carbons (Fsp3) is 1.00. The fourth-order valence-corrected chi connectivity index (χ4v) is 0.612. The third-order valence-corrected chi connectivity index (χ3v) is 3.15. The van der Waals surface area contributed by atoms with Gasteiger partial charge >= 0.3 is 0 Å². The van der Waals surface area contributed by atoms with Gasteiger partial charge in [-0.2, -0.15) is 0 Å². The quantitative estimate of drug-likeness (QED) is 0.452. The van der Waals surface area contributed by atoms with Gasteiger partial charge in [0.2, 0.25) is 0 Å². The van der Waals surface area contributed by atoms with Crippen LogP contribution in [0.2, 0.25) is 0 Å². The van der Waals surface area contributed by atoms with Crippen LogP contribution in [0.15, 0.2) is 0 Å². The van der Waals surface area contributed by atoms with E-state index in [1.807, 2.05) is 0 Å². The smallest absolute Gasteiger partial charge is 0.0357 e. The van der Waals surface area contributed by atoms with E-state index in [0.717, 1.165) is 5.92 Å². The summed E-state index contributed by atoms with van der Waals surface area (Å²) in [4.78, 5) is 0. The van der Waals surface area contributed by atoms with Crippen molar-refractivity contribution in [3.63, 3.8) is 0 Å². The summed E-state index contributed by atoms with van der Waals surface area (Å²) in [5.41, 5.74) is 1.05. The van der Waals surface area contributed by atoms with Crippen LogP contribution in [0.3, 0.4) is 0 Å². The maximum atomic E-state index is 2.31. The maximum Gasteiger partial charge on any atom is -0.0357 e. The maximum absolute atomic E-state index is 2.31. The molecule has 0 aromatic carbocycles. The standard InChI is InChI=1S/C8H18.C6H14.6CH4/c1-6-7(2)8(3,4)5;1-5-6(2,3)4;;;;;;/h7H,6H2,1-5H3;5H2,1-4H3;6*1H4. The predicted octanol–water partition coefficient (Wildman–Crippen LogP) is 9.34. The molecule has 0 N–H and O–H groups in total. The summed E-state index contributed by atoms with van der Waals surface area (Å²) in [5, 5.41) is 0. The third kappa shape index (κ3) is 43.0. The summed E-state index contributed by atoms with van der Waals surface area (Å²) < 4.78 is 0. The number of hydrogen-bond acceptors (Lipinski definition) is 0. The van der Waals surface area contributed by atoms with Crippen molar-refractivity contribution >= 4 is 0 Å². The molecule has 1 unspecified atom stereocenters. The van der Waals surface area contributed by atoms with Crippen LogP contribution >= 0.6 is 0 Å². The second kappa shape index (κ2) is 21.3. The Bertz CT molecular complexity index is 120. The van der Waals surface area contributed by atoms with Crippen LogP contribution in [-0.2, 0) is 0 Å². The molecule has 0 heteroatoms. The summed E-state index contributed by atoms with van der Waals surface area (Å²) in [6.45, 7) is 20.4. The molecule has 0 heterocycles. The Morgan fingerprint density at radius 3 is 0.850 bits per heavy atom. The summed E-state index contributed by atoms with van der Waals surface area (Å²) in [6, 6.07) is 0. The van der Waals surface area contributed by atoms with Crippen LogP contribution in [0.25, 0.3) is 0 Å². The number of rotatable bonds is 1. The van der Waals surface area contributed by atoms with Gasteiger partial charge in [0.15, 0.2) is 0 Å². The van der Waals surface area contributed by atoms with Crippen molar-refractivity contribution < 1.29 is 0 Å². The SMILES string of the molecule is C.C.C.C.C.C.CCC(C)(C)C.CCC(C)C(C)(C)C. The second-order valence-electron chi connectivity index (χ2n) is 6.59. The Labute approximate surface area is 137 Å². The molecule has 136 valence electrons. The van der Waals surface area contributed by atoms with Crippen LogP contribution in [0, 0.1) is 16.7 Å². The van der Waals surface area contributed by atoms with Gasteiger partial charge in [-0.25, -0.2) is 0 Å². The minimum Gasteiger partial charge on any atom is -0.0776 e. The van der Waals surface area contributed by atoms with Gasteiger partial charge in [0.05, 0.1) is 0 Å². The Balaban J connectivity index is -0.0000000188. The van der Waals surface area contributed by atoms with Gasteiger partial charge in [-0.05, 0) is 16.7 Å². The highest BCUT2D eigenvalue weighted by Crippen LogP contribution is 2.27. The molecule has 0 aliphatic carbocycles. The first-order valence-corrected chi connectivity index (χ1v) is 6.04. The molecule has 0 amide bonds. The molecule has 0 aromatic heterocycles. The molecule has 0 aliphatic heterocycles. The average Bonchev–Trinajstić information content (AvgIpc) is 2.01. The van der Waals surface area contributed by atoms with Crippen molar-refractivity contribution in [2.24, 2.45) is 16.7 Å². The van der Waals surface area contributed by atoms with Gasteiger partial charge in [0, 0.05) is 0 Å². The molecule has 1 atom stereocenters. The van der Waals surface area contributed by atoms with Gasteiger partial charge in [-0.1, -0.05) is 120 Å². The Kier molecular flexibility index (Phi) is 53.4. The van der Waals surface area contributed by atoms with Crippen LogP contribution in [0.5, 0.6) is 0 Å². The zero-order valence-corrected chi connectivity index (χ0v) is 12.0. The van der Waals surface area contributed by atoms with Crippen molar-refractivity contribution in [2.75, 3.05) is 0 Å². The lowest BCUT2D eigenvalue weighted by Gasteiger charge is -2.25. The average molecular weight is 297 g/mol. The predicted molar refractivity (Wildman–Crippen MR) is 109 cm³/mol. The first-order valence-electron chi connectivity index (χ1n) is 6.04. The van der Waals surface area contributed by atoms with Gasteiger partial charge in [0.1, 0.15) is 0 Å². The largest absolute Gasteiger partial charge is 0.0776 e. The monoisotopic (exact) mass is 296 g/mol.